The smallest absolute Gasteiger partial charge is 0.274 e. The number of rotatable bonds is 3. The zero-order valence-electron chi connectivity index (χ0n) is 9.84. The highest BCUT2D eigenvalue weighted by Gasteiger charge is 2.15. The van der Waals surface area contributed by atoms with Gasteiger partial charge in [0.05, 0.1) is 5.56 Å². The van der Waals surface area contributed by atoms with Crippen LogP contribution in [0.15, 0.2) is 36.5 Å². The minimum Gasteiger partial charge on any atom is -0.398 e. The summed E-state index contributed by atoms with van der Waals surface area (Å²) in [6.07, 6.45) is 1.98. The maximum atomic E-state index is 11.8. The first-order chi connectivity index (χ1) is 9.11. The van der Waals surface area contributed by atoms with Gasteiger partial charge in [0, 0.05) is 17.4 Å². The Morgan fingerprint density at radius 2 is 1.95 bits per heavy atom. The summed E-state index contributed by atoms with van der Waals surface area (Å²) in [4.78, 5) is 36.7. The first kappa shape index (κ1) is 12.6. The molecular formula is C13H11N3O3. The molecule has 0 fully saturated rings. The topological polar surface area (TPSA) is 105 Å². The van der Waals surface area contributed by atoms with Crippen molar-refractivity contribution in [3.8, 4) is 0 Å². The van der Waals surface area contributed by atoms with Crippen molar-refractivity contribution >= 4 is 23.8 Å². The Labute approximate surface area is 108 Å². The van der Waals surface area contributed by atoms with Crippen LogP contribution in [0.4, 0.5) is 5.69 Å². The van der Waals surface area contributed by atoms with E-state index in [4.69, 9.17) is 5.73 Å². The SMILES string of the molecule is Nc1ccccc1C(=O)NC(=O)c1cc(C=O)c[nH]1. The fraction of sp³-hybridized carbons (Fsp3) is 0. The molecule has 0 saturated carbocycles. The first-order valence-electron chi connectivity index (χ1n) is 5.45. The van der Waals surface area contributed by atoms with Gasteiger partial charge < -0.3 is 10.7 Å². The van der Waals surface area contributed by atoms with Crippen LogP contribution >= 0.6 is 0 Å². The molecule has 1 aromatic heterocycles. The summed E-state index contributed by atoms with van der Waals surface area (Å²) < 4.78 is 0. The maximum absolute atomic E-state index is 11.8. The van der Waals surface area contributed by atoms with E-state index in [1.165, 1.54) is 18.3 Å². The Morgan fingerprint density at radius 3 is 2.58 bits per heavy atom. The number of nitrogen functional groups attached to an aromatic ring is 1. The van der Waals surface area contributed by atoms with E-state index in [0.717, 1.165) is 0 Å². The molecule has 1 aromatic carbocycles. The lowest BCUT2D eigenvalue weighted by molar-refractivity contribution is 0.0847. The Morgan fingerprint density at radius 1 is 1.21 bits per heavy atom. The molecule has 2 amide bonds. The van der Waals surface area contributed by atoms with Crippen molar-refractivity contribution < 1.29 is 14.4 Å². The molecule has 0 aliphatic heterocycles. The van der Waals surface area contributed by atoms with Crippen molar-refractivity contribution in [1.29, 1.82) is 0 Å². The standard InChI is InChI=1S/C13H11N3O3/c14-10-4-2-1-3-9(10)12(18)16-13(19)11-5-8(7-17)6-15-11/h1-7,15H,14H2,(H,16,18,19). The number of aromatic nitrogens is 1. The summed E-state index contributed by atoms with van der Waals surface area (Å²) in [6.45, 7) is 0. The molecule has 1 heterocycles. The molecule has 6 nitrogen and oxygen atoms in total. The molecule has 0 unspecified atom stereocenters. The van der Waals surface area contributed by atoms with Crippen LogP contribution in [-0.4, -0.2) is 23.1 Å². The van der Waals surface area contributed by atoms with E-state index in [2.05, 4.69) is 10.3 Å². The van der Waals surface area contributed by atoms with Crippen molar-refractivity contribution in [1.82, 2.24) is 10.3 Å². The van der Waals surface area contributed by atoms with Gasteiger partial charge in [-0.2, -0.15) is 0 Å². The summed E-state index contributed by atoms with van der Waals surface area (Å²) in [5, 5.41) is 2.19. The number of imide groups is 1. The summed E-state index contributed by atoms with van der Waals surface area (Å²) in [7, 11) is 0. The number of nitrogens with one attached hydrogen (secondary N) is 2. The van der Waals surface area contributed by atoms with Gasteiger partial charge in [0.15, 0.2) is 6.29 Å². The van der Waals surface area contributed by atoms with Gasteiger partial charge in [0.1, 0.15) is 5.69 Å². The van der Waals surface area contributed by atoms with Crippen molar-refractivity contribution in [2.45, 2.75) is 0 Å². The third-order valence-corrected chi connectivity index (χ3v) is 2.52. The molecule has 19 heavy (non-hydrogen) atoms. The highest BCUT2D eigenvalue weighted by molar-refractivity contribution is 6.11. The van der Waals surface area contributed by atoms with E-state index >= 15 is 0 Å². The number of aldehydes is 1. The largest absolute Gasteiger partial charge is 0.398 e. The van der Waals surface area contributed by atoms with Crippen LogP contribution in [-0.2, 0) is 0 Å². The van der Waals surface area contributed by atoms with Gasteiger partial charge in [-0.3, -0.25) is 19.7 Å². The first-order valence-corrected chi connectivity index (χ1v) is 5.45. The van der Waals surface area contributed by atoms with Gasteiger partial charge in [-0.05, 0) is 18.2 Å². The van der Waals surface area contributed by atoms with E-state index in [1.54, 1.807) is 18.2 Å². The summed E-state index contributed by atoms with van der Waals surface area (Å²) in [5.74, 6) is -1.22. The molecular weight excluding hydrogens is 246 g/mol. The number of nitrogens with two attached hydrogens (primary N) is 1. The van der Waals surface area contributed by atoms with Crippen LogP contribution in [0, 0.1) is 0 Å². The van der Waals surface area contributed by atoms with Gasteiger partial charge in [0.2, 0.25) is 0 Å². The van der Waals surface area contributed by atoms with Crippen LogP contribution in [0.5, 0.6) is 0 Å². The number of para-hydroxylation sites is 1. The predicted molar refractivity (Wildman–Crippen MR) is 68.8 cm³/mol. The average molecular weight is 257 g/mol. The molecule has 6 heteroatoms. The Balaban J connectivity index is 2.13. The predicted octanol–water partition coefficient (Wildman–Crippen LogP) is 0.980. The molecule has 4 N–H and O–H groups in total. The zero-order valence-corrected chi connectivity index (χ0v) is 9.84. The summed E-state index contributed by atoms with van der Waals surface area (Å²) >= 11 is 0. The molecule has 2 aromatic rings. The molecule has 0 aliphatic rings. The molecule has 2 rings (SSSR count). The summed E-state index contributed by atoms with van der Waals surface area (Å²) in [5.41, 5.74) is 6.60. The molecule has 0 radical (unpaired) electrons. The Bertz CT molecular complexity index is 646. The molecule has 0 bridgehead atoms. The van der Waals surface area contributed by atoms with Crippen LogP contribution in [0.3, 0.4) is 0 Å². The van der Waals surface area contributed by atoms with E-state index in [1.807, 2.05) is 0 Å². The minimum absolute atomic E-state index is 0.130. The second-order valence-corrected chi connectivity index (χ2v) is 3.84. The molecule has 0 aliphatic carbocycles. The number of anilines is 1. The van der Waals surface area contributed by atoms with Crippen LogP contribution in [0.1, 0.15) is 31.2 Å². The van der Waals surface area contributed by atoms with Crippen LogP contribution in [0.25, 0.3) is 0 Å². The van der Waals surface area contributed by atoms with Gasteiger partial charge in [-0.25, -0.2) is 0 Å². The number of H-pyrrole nitrogens is 1. The lowest BCUT2D eigenvalue weighted by Gasteiger charge is -2.05. The fourth-order valence-corrected chi connectivity index (χ4v) is 1.55. The van der Waals surface area contributed by atoms with E-state index < -0.39 is 11.8 Å². The third kappa shape index (κ3) is 2.68. The number of carbonyl (C=O) groups is 3. The number of carbonyl (C=O) groups excluding carboxylic acids is 3. The molecule has 0 saturated heterocycles. The average Bonchev–Trinajstić information content (AvgIpc) is 2.88. The molecule has 0 atom stereocenters. The lowest BCUT2D eigenvalue weighted by Crippen LogP contribution is -2.31. The molecule has 0 spiro atoms. The number of benzene rings is 1. The van der Waals surface area contributed by atoms with Crippen LogP contribution < -0.4 is 11.1 Å². The molecule has 96 valence electrons. The van der Waals surface area contributed by atoms with Crippen molar-refractivity contribution in [3.05, 3.63) is 53.3 Å². The van der Waals surface area contributed by atoms with E-state index in [0.29, 0.717) is 11.8 Å². The highest BCUT2D eigenvalue weighted by atomic mass is 16.2. The minimum atomic E-state index is -0.624. The zero-order chi connectivity index (χ0) is 13.8. The quantitative estimate of drug-likeness (QED) is 0.433. The van der Waals surface area contributed by atoms with Gasteiger partial charge in [0.25, 0.3) is 11.8 Å². The highest BCUT2D eigenvalue weighted by Crippen LogP contribution is 2.10. The second-order valence-electron chi connectivity index (χ2n) is 3.84. The normalized spacial score (nSPS) is 9.89. The Kier molecular flexibility index (Phi) is 3.42. The third-order valence-electron chi connectivity index (χ3n) is 2.52. The monoisotopic (exact) mass is 257 g/mol. The number of hydrogen-bond acceptors (Lipinski definition) is 4. The lowest BCUT2D eigenvalue weighted by atomic mass is 10.1. The van der Waals surface area contributed by atoms with Crippen molar-refractivity contribution in [2.24, 2.45) is 0 Å². The van der Waals surface area contributed by atoms with Crippen LogP contribution in [0.2, 0.25) is 0 Å². The fourth-order valence-electron chi connectivity index (χ4n) is 1.55. The number of amides is 2. The van der Waals surface area contributed by atoms with Crippen molar-refractivity contribution in [2.75, 3.05) is 5.73 Å². The van der Waals surface area contributed by atoms with Gasteiger partial charge in [-0.1, -0.05) is 12.1 Å². The number of aromatic amines is 1. The second kappa shape index (κ2) is 5.18. The maximum Gasteiger partial charge on any atom is 0.274 e. The van der Waals surface area contributed by atoms with Gasteiger partial charge in [-0.15, -0.1) is 0 Å². The Hall–Kier alpha value is -2.89. The summed E-state index contributed by atoms with van der Waals surface area (Å²) in [6, 6.07) is 7.77. The van der Waals surface area contributed by atoms with Gasteiger partial charge >= 0.3 is 0 Å². The number of hydrogen-bond donors (Lipinski definition) is 3. The van der Waals surface area contributed by atoms with E-state index in [-0.39, 0.29) is 16.9 Å². The van der Waals surface area contributed by atoms with Crippen molar-refractivity contribution in [3.63, 3.8) is 0 Å². The van der Waals surface area contributed by atoms with E-state index in [9.17, 15) is 14.4 Å².